The zero-order valence-electron chi connectivity index (χ0n) is 19.4. The summed E-state index contributed by atoms with van der Waals surface area (Å²) in [7, 11) is 0. The Hall–Kier alpha value is -4.52. The van der Waals surface area contributed by atoms with Gasteiger partial charge in [-0.05, 0) is 66.8 Å². The van der Waals surface area contributed by atoms with Crippen molar-refractivity contribution in [2.24, 2.45) is 0 Å². The van der Waals surface area contributed by atoms with Crippen molar-refractivity contribution in [3.05, 3.63) is 101 Å². The molecule has 0 atom stereocenters. The van der Waals surface area contributed by atoms with E-state index >= 15 is 0 Å². The molecule has 3 heterocycles. The summed E-state index contributed by atoms with van der Waals surface area (Å²) in [6.07, 6.45) is 5.99. The lowest BCUT2D eigenvalue weighted by Crippen LogP contribution is -2.33. The maximum atomic E-state index is 13.4. The van der Waals surface area contributed by atoms with Gasteiger partial charge in [0.05, 0.1) is 40.7 Å². The predicted octanol–water partition coefficient (Wildman–Crippen LogP) is 5.16. The second-order valence-electron chi connectivity index (χ2n) is 8.81. The number of ether oxygens (including phenoxy) is 1. The third kappa shape index (κ3) is 3.69. The summed E-state index contributed by atoms with van der Waals surface area (Å²) in [6.45, 7) is -0.0994. The van der Waals surface area contributed by atoms with Crippen molar-refractivity contribution in [2.75, 3.05) is 13.2 Å². The van der Waals surface area contributed by atoms with E-state index in [0.29, 0.717) is 28.6 Å². The number of rotatable bonds is 5. The van der Waals surface area contributed by atoms with Gasteiger partial charge in [0.1, 0.15) is 12.4 Å². The molecule has 0 fully saturated rings. The minimum absolute atomic E-state index is 0.00700. The first-order valence-electron chi connectivity index (χ1n) is 11.9. The van der Waals surface area contributed by atoms with Crippen molar-refractivity contribution in [3.8, 4) is 0 Å². The minimum atomic E-state index is -0.485. The summed E-state index contributed by atoms with van der Waals surface area (Å²) < 4.78 is 11.2. The molecule has 2 amide bonds. The van der Waals surface area contributed by atoms with Crippen molar-refractivity contribution in [2.45, 2.75) is 19.3 Å². The van der Waals surface area contributed by atoms with Crippen molar-refractivity contribution in [3.63, 3.8) is 0 Å². The number of aromatic nitrogens is 1. The van der Waals surface area contributed by atoms with Gasteiger partial charge in [-0.3, -0.25) is 14.5 Å². The first-order chi connectivity index (χ1) is 17.6. The van der Waals surface area contributed by atoms with Gasteiger partial charge in [0, 0.05) is 5.39 Å². The van der Waals surface area contributed by atoms with Gasteiger partial charge < -0.3 is 9.15 Å². The Balaban J connectivity index is 1.29. The number of para-hydroxylation sites is 1. The summed E-state index contributed by atoms with van der Waals surface area (Å²) in [5.41, 5.74) is 4.58. The Morgan fingerprint density at radius 3 is 2.47 bits per heavy atom. The first-order valence-corrected chi connectivity index (χ1v) is 11.9. The molecule has 7 nitrogen and oxygen atoms in total. The molecule has 0 unspecified atom stereocenters. The van der Waals surface area contributed by atoms with E-state index in [1.54, 1.807) is 30.5 Å². The summed E-state index contributed by atoms with van der Waals surface area (Å²) in [5.74, 6) is -0.490. The summed E-state index contributed by atoms with van der Waals surface area (Å²) in [4.78, 5) is 44.7. The highest BCUT2D eigenvalue weighted by atomic mass is 16.5. The molecule has 1 aliphatic carbocycles. The maximum absolute atomic E-state index is 13.4. The van der Waals surface area contributed by atoms with Gasteiger partial charge in [-0.15, -0.1) is 0 Å². The third-order valence-electron chi connectivity index (χ3n) is 6.66. The molecule has 4 aromatic rings. The van der Waals surface area contributed by atoms with Gasteiger partial charge in [-0.2, -0.15) is 0 Å². The lowest BCUT2D eigenvalue weighted by atomic mass is 9.86. The van der Waals surface area contributed by atoms with Gasteiger partial charge in [0.2, 0.25) is 0 Å². The summed E-state index contributed by atoms with van der Waals surface area (Å²) >= 11 is 0. The van der Waals surface area contributed by atoms with Crippen LogP contribution in [0.2, 0.25) is 0 Å². The van der Waals surface area contributed by atoms with Gasteiger partial charge in [0.15, 0.2) is 0 Å². The molecule has 0 spiro atoms. The Bertz CT molecular complexity index is 1520. The van der Waals surface area contributed by atoms with Crippen molar-refractivity contribution in [1.82, 2.24) is 9.88 Å². The summed E-state index contributed by atoms with van der Waals surface area (Å²) in [5, 5.41) is 0.723. The minimum Gasteiger partial charge on any atom is -0.465 e. The fourth-order valence-corrected chi connectivity index (χ4v) is 5.00. The average molecular weight is 479 g/mol. The fraction of sp³-hybridized carbons (Fsp3) is 0.172. The molecule has 2 aliphatic rings. The van der Waals surface area contributed by atoms with Crippen LogP contribution >= 0.6 is 0 Å². The van der Waals surface area contributed by atoms with Crippen LogP contribution in [0.3, 0.4) is 0 Å². The van der Waals surface area contributed by atoms with E-state index in [4.69, 9.17) is 14.1 Å². The summed E-state index contributed by atoms with van der Waals surface area (Å²) in [6, 6.07) is 17.9. The molecule has 6 rings (SSSR count). The molecule has 1 aliphatic heterocycles. The lowest BCUT2D eigenvalue weighted by molar-refractivity contribution is 0.0421. The monoisotopic (exact) mass is 478 g/mol. The van der Waals surface area contributed by atoms with Crippen LogP contribution in [-0.2, 0) is 11.2 Å². The van der Waals surface area contributed by atoms with E-state index in [1.807, 2.05) is 42.5 Å². The maximum Gasteiger partial charge on any atom is 0.339 e. The fourth-order valence-electron chi connectivity index (χ4n) is 5.00. The second kappa shape index (κ2) is 8.92. The van der Waals surface area contributed by atoms with Crippen LogP contribution in [0, 0.1) is 0 Å². The van der Waals surface area contributed by atoms with E-state index in [-0.39, 0.29) is 25.0 Å². The number of pyridine rings is 1. The van der Waals surface area contributed by atoms with Crippen molar-refractivity contribution < 1.29 is 23.5 Å². The quantitative estimate of drug-likeness (QED) is 0.291. The average Bonchev–Trinajstić information content (AvgIpc) is 3.50. The van der Waals surface area contributed by atoms with E-state index < -0.39 is 5.97 Å². The molecule has 0 N–H and O–H groups in total. The van der Waals surface area contributed by atoms with Crippen molar-refractivity contribution >= 4 is 40.3 Å². The molecule has 2 aromatic carbocycles. The smallest absolute Gasteiger partial charge is 0.339 e. The number of fused-ring (bicyclic) bond motifs is 3. The van der Waals surface area contributed by atoms with E-state index in [0.717, 1.165) is 45.7 Å². The topological polar surface area (TPSA) is 89.7 Å². The van der Waals surface area contributed by atoms with Gasteiger partial charge >= 0.3 is 5.97 Å². The molecule has 0 saturated carbocycles. The van der Waals surface area contributed by atoms with E-state index in [1.165, 1.54) is 0 Å². The standard InChI is InChI=1S/C29H22N2O5/c32-27-20-9-1-2-10-21(20)28(33)31(27)14-16-36-29(34)25-22-11-3-4-13-24(22)30-26-18(7-5-12-23(25)26)17-19-8-6-15-35-19/h1-4,6,8-11,13,15,17H,5,7,12,14,16H2. The third-order valence-corrected chi connectivity index (χ3v) is 6.66. The van der Waals surface area contributed by atoms with Crippen LogP contribution in [0.4, 0.5) is 0 Å². The molecule has 178 valence electrons. The van der Waals surface area contributed by atoms with Crippen LogP contribution in [-0.4, -0.2) is 40.8 Å². The number of benzene rings is 2. The zero-order valence-corrected chi connectivity index (χ0v) is 19.4. The Morgan fingerprint density at radius 2 is 1.72 bits per heavy atom. The number of allylic oxidation sites excluding steroid dienone is 1. The number of hydrogen-bond acceptors (Lipinski definition) is 6. The first kappa shape index (κ1) is 22.0. The molecule has 0 radical (unpaired) electrons. The van der Waals surface area contributed by atoms with Crippen LogP contribution in [0.15, 0.2) is 71.3 Å². The Labute approximate surface area is 207 Å². The number of nitrogens with zero attached hydrogens (tertiary/aromatic N) is 2. The largest absolute Gasteiger partial charge is 0.465 e. The number of carbonyl (C=O) groups excluding carboxylic acids is 3. The highest BCUT2D eigenvalue weighted by molar-refractivity contribution is 6.21. The molecule has 0 bridgehead atoms. The molecule has 7 heteroatoms. The van der Waals surface area contributed by atoms with Crippen LogP contribution < -0.4 is 0 Å². The number of esters is 1. The van der Waals surface area contributed by atoms with Crippen LogP contribution in [0.25, 0.3) is 22.6 Å². The SMILES string of the molecule is O=C(OCCN1C(=O)c2ccccc2C1=O)c1c2c(nc3ccccc13)C(=Cc1ccco1)CCC2. The number of imide groups is 1. The number of hydrogen-bond donors (Lipinski definition) is 0. The molecule has 2 aromatic heterocycles. The Kier molecular flexibility index (Phi) is 5.45. The van der Waals surface area contributed by atoms with Gasteiger partial charge in [-0.1, -0.05) is 30.3 Å². The van der Waals surface area contributed by atoms with Gasteiger partial charge in [0.25, 0.3) is 11.8 Å². The highest BCUT2D eigenvalue weighted by Gasteiger charge is 2.35. The van der Waals surface area contributed by atoms with E-state index in [9.17, 15) is 14.4 Å². The molecule has 36 heavy (non-hydrogen) atoms. The Morgan fingerprint density at radius 1 is 0.972 bits per heavy atom. The number of furan rings is 1. The predicted molar refractivity (Wildman–Crippen MR) is 133 cm³/mol. The highest BCUT2D eigenvalue weighted by Crippen LogP contribution is 2.36. The lowest BCUT2D eigenvalue weighted by Gasteiger charge is -2.22. The number of amides is 2. The van der Waals surface area contributed by atoms with Gasteiger partial charge in [-0.25, -0.2) is 9.78 Å². The van der Waals surface area contributed by atoms with Crippen molar-refractivity contribution in [1.29, 1.82) is 0 Å². The van der Waals surface area contributed by atoms with Crippen LogP contribution in [0.1, 0.15) is 60.9 Å². The second-order valence-corrected chi connectivity index (χ2v) is 8.81. The molecule has 0 saturated heterocycles. The molecular formula is C29H22N2O5. The van der Waals surface area contributed by atoms with E-state index in [2.05, 4.69) is 0 Å². The zero-order chi connectivity index (χ0) is 24.6. The molecular weight excluding hydrogens is 456 g/mol. The normalized spacial score (nSPS) is 15.9. The number of carbonyl (C=O) groups is 3. The van der Waals surface area contributed by atoms with Crippen LogP contribution in [0.5, 0.6) is 0 Å².